The lowest BCUT2D eigenvalue weighted by Gasteiger charge is -2.33. The summed E-state index contributed by atoms with van der Waals surface area (Å²) in [5.41, 5.74) is 1.58. The topological polar surface area (TPSA) is 115 Å². The Hall–Kier alpha value is -3.05. The van der Waals surface area contributed by atoms with Crippen LogP contribution in [0.1, 0.15) is 24.1 Å². The molecule has 2 aromatic rings. The standard InChI is InChI=1S/C16H18N6.CH2O2/c17-9-15-16(20-7-6-19-15)21-14-4-2-8-22(12-14)11-13-3-1-5-18-10-13;2-1-3/h1,3,5-7,10,14H,2,4,8,11-12H2,(H,20,21);1H,(H,2,3). The number of hydrogen-bond acceptors (Lipinski definition) is 7. The molecule has 8 heteroatoms. The molecule has 1 unspecified atom stereocenters. The number of aromatic nitrogens is 3. The molecular weight excluding hydrogens is 320 g/mol. The van der Waals surface area contributed by atoms with Crippen molar-refractivity contribution in [1.29, 1.82) is 5.26 Å². The highest BCUT2D eigenvalue weighted by Gasteiger charge is 2.21. The molecule has 0 aliphatic carbocycles. The molecule has 0 bridgehead atoms. The average molecular weight is 340 g/mol. The van der Waals surface area contributed by atoms with E-state index in [-0.39, 0.29) is 12.5 Å². The molecular formula is C17H20N6O2. The SMILES string of the molecule is N#Cc1nccnc1NC1CCCN(Cc2cccnc2)C1.O=CO. The summed E-state index contributed by atoms with van der Waals surface area (Å²) in [7, 11) is 0. The number of nitriles is 1. The molecule has 8 nitrogen and oxygen atoms in total. The molecule has 1 saturated heterocycles. The minimum absolute atomic E-state index is 0.250. The van der Waals surface area contributed by atoms with Crippen molar-refractivity contribution in [3.63, 3.8) is 0 Å². The smallest absolute Gasteiger partial charge is 0.290 e. The molecule has 0 radical (unpaired) electrons. The molecule has 1 aliphatic heterocycles. The van der Waals surface area contributed by atoms with Gasteiger partial charge in [0, 0.05) is 43.9 Å². The van der Waals surface area contributed by atoms with Crippen LogP contribution in [0.5, 0.6) is 0 Å². The zero-order chi connectivity index (χ0) is 17.9. The zero-order valence-electron chi connectivity index (χ0n) is 13.7. The van der Waals surface area contributed by atoms with Crippen LogP contribution in [0.2, 0.25) is 0 Å². The normalized spacial score (nSPS) is 16.8. The second-order valence-electron chi connectivity index (χ2n) is 5.55. The van der Waals surface area contributed by atoms with Crippen molar-refractivity contribution in [1.82, 2.24) is 19.9 Å². The summed E-state index contributed by atoms with van der Waals surface area (Å²) < 4.78 is 0. The highest BCUT2D eigenvalue weighted by Crippen LogP contribution is 2.17. The van der Waals surface area contributed by atoms with Crippen molar-refractivity contribution < 1.29 is 9.90 Å². The van der Waals surface area contributed by atoms with E-state index in [1.165, 1.54) is 5.56 Å². The quantitative estimate of drug-likeness (QED) is 0.805. The third kappa shape index (κ3) is 5.82. The van der Waals surface area contributed by atoms with Crippen LogP contribution in [-0.4, -0.2) is 50.6 Å². The molecule has 3 rings (SSSR count). The van der Waals surface area contributed by atoms with E-state index in [4.69, 9.17) is 15.2 Å². The summed E-state index contributed by atoms with van der Waals surface area (Å²) in [6.45, 7) is 2.66. The van der Waals surface area contributed by atoms with Gasteiger partial charge in [0.1, 0.15) is 6.07 Å². The summed E-state index contributed by atoms with van der Waals surface area (Å²) >= 11 is 0. The molecule has 2 aromatic heterocycles. The van der Waals surface area contributed by atoms with Crippen molar-refractivity contribution in [2.75, 3.05) is 18.4 Å². The first-order valence-electron chi connectivity index (χ1n) is 7.93. The highest BCUT2D eigenvalue weighted by molar-refractivity contribution is 5.47. The zero-order valence-corrected chi connectivity index (χ0v) is 13.7. The third-order valence-electron chi connectivity index (χ3n) is 3.78. The molecule has 2 N–H and O–H groups in total. The molecule has 0 aromatic carbocycles. The monoisotopic (exact) mass is 340 g/mol. The molecule has 0 saturated carbocycles. The average Bonchev–Trinajstić information content (AvgIpc) is 2.64. The molecule has 1 aliphatic rings. The first kappa shape index (κ1) is 18.3. The lowest BCUT2D eigenvalue weighted by atomic mass is 10.0. The number of anilines is 1. The molecule has 25 heavy (non-hydrogen) atoms. The first-order chi connectivity index (χ1) is 12.3. The van der Waals surface area contributed by atoms with Gasteiger partial charge < -0.3 is 10.4 Å². The van der Waals surface area contributed by atoms with Crippen molar-refractivity contribution in [2.45, 2.75) is 25.4 Å². The fourth-order valence-electron chi connectivity index (χ4n) is 2.79. The molecule has 0 amide bonds. The minimum atomic E-state index is -0.250. The summed E-state index contributed by atoms with van der Waals surface area (Å²) in [5.74, 6) is 0.582. The van der Waals surface area contributed by atoms with E-state index in [1.807, 2.05) is 12.3 Å². The van der Waals surface area contributed by atoms with E-state index in [9.17, 15) is 0 Å². The Morgan fingerprint density at radius 2 is 2.20 bits per heavy atom. The molecule has 1 atom stereocenters. The maximum atomic E-state index is 9.08. The molecule has 0 spiro atoms. The van der Waals surface area contributed by atoms with Crippen LogP contribution < -0.4 is 5.32 Å². The summed E-state index contributed by atoms with van der Waals surface area (Å²) in [4.78, 5) is 23.2. The van der Waals surface area contributed by atoms with Crippen LogP contribution in [0.25, 0.3) is 0 Å². The minimum Gasteiger partial charge on any atom is -0.483 e. The summed E-state index contributed by atoms with van der Waals surface area (Å²) in [5, 5.41) is 19.3. The third-order valence-corrected chi connectivity index (χ3v) is 3.78. The first-order valence-corrected chi connectivity index (χ1v) is 7.93. The van der Waals surface area contributed by atoms with Crippen LogP contribution >= 0.6 is 0 Å². The summed E-state index contributed by atoms with van der Waals surface area (Å²) in [6.07, 6.45) is 9.05. The predicted octanol–water partition coefficient (Wildman–Crippen LogP) is 1.52. The van der Waals surface area contributed by atoms with Gasteiger partial charge in [-0.1, -0.05) is 6.07 Å². The number of nitrogens with one attached hydrogen (secondary N) is 1. The van der Waals surface area contributed by atoms with Crippen LogP contribution in [-0.2, 0) is 11.3 Å². The second-order valence-corrected chi connectivity index (χ2v) is 5.55. The van der Waals surface area contributed by atoms with Gasteiger partial charge in [-0.25, -0.2) is 9.97 Å². The Morgan fingerprint density at radius 3 is 2.92 bits per heavy atom. The van der Waals surface area contributed by atoms with Crippen molar-refractivity contribution in [3.8, 4) is 6.07 Å². The van der Waals surface area contributed by atoms with E-state index in [0.717, 1.165) is 32.5 Å². The number of carboxylic acid groups (broad SMARTS) is 1. The van der Waals surface area contributed by atoms with Crippen LogP contribution in [0.3, 0.4) is 0 Å². The number of nitrogens with zero attached hydrogens (tertiary/aromatic N) is 5. The van der Waals surface area contributed by atoms with Gasteiger partial charge in [-0.05, 0) is 31.0 Å². The largest absolute Gasteiger partial charge is 0.483 e. The van der Waals surface area contributed by atoms with E-state index >= 15 is 0 Å². The Kier molecular flexibility index (Phi) is 7.28. The van der Waals surface area contributed by atoms with E-state index < -0.39 is 0 Å². The van der Waals surface area contributed by atoms with Gasteiger partial charge in [0.05, 0.1) is 0 Å². The van der Waals surface area contributed by atoms with Gasteiger partial charge in [0.15, 0.2) is 11.5 Å². The van der Waals surface area contributed by atoms with Crippen LogP contribution in [0.4, 0.5) is 5.82 Å². The van der Waals surface area contributed by atoms with E-state index in [1.54, 1.807) is 18.6 Å². The predicted molar refractivity (Wildman–Crippen MR) is 91.6 cm³/mol. The lowest BCUT2D eigenvalue weighted by molar-refractivity contribution is -0.122. The lowest BCUT2D eigenvalue weighted by Crippen LogP contribution is -2.41. The Bertz CT molecular complexity index is 704. The Balaban J connectivity index is 0.000000701. The Labute approximate surface area is 146 Å². The number of hydrogen-bond donors (Lipinski definition) is 2. The van der Waals surface area contributed by atoms with Gasteiger partial charge in [0.2, 0.25) is 0 Å². The van der Waals surface area contributed by atoms with Crippen LogP contribution in [0, 0.1) is 11.3 Å². The maximum Gasteiger partial charge on any atom is 0.290 e. The van der Waals surface area contributed by atoms with Gasteiger partial charge >= 0.3 is 0 Å². The molecule has 3 heterocycles. The van der Waals surface area contributed by atoms with Crippen LogP contribution in [0.15, 0.2) is 36.9 Å². The molecule has 1 fully saturated rings. The van der Waals surface area contributed by atoms with E-state index in [0.29, 0.717) is 11.5 Å². The number of rotatable bonds is 4. The van der Waals surface area contributed by atoms with Crippen molar-refractivity contribution in [2.24, 2.45) is 0 Å². The van der Waals surface area contributed by atoms with Crippen molar-refractivity contribution >= 4 is 12.3 Å². The molecule has 130 valence electrons. The number of pyridine rings is 1. The highest BCUT2D eigenvalue weighted by atomic mass is 16.3. The van der Waals surface area contributed by atoms with Gasteiger partial charge in [-0.3, -0.25) is 14.7 Å². The summed E-state index contributed by atoms with van der Waals surface area (Å²) in [6, 6.07) is 6.43. The number of carbonyl (C=O) groups is 1. The fraction of sp³-hybridized carbons (Fsp3) is 0.353. The maximum absolute atomic E-state index is 9.08. The van der Waals surface area contributed by atoms with E-state index in [2.05, 4.69) is 37.3 Å². The number of piperidine rings is 1. The van der Waals surface area contributed by atoms with Gasteiger partial charge in [-0.15, -0.1) is 0 Å². The fourth-order valence-corrected chi connectivity index (χ4v) is 2.79. The second kappa shape index (κ2) is 9.95. The number of likely N-dealkylation sites (tertiary alicyclic amines) is 1. The Morgan fingerprint density at radius 1 is 1.40 bits per heavy atom. The van der Waals surface area contributed by atoms with Gasteiger partial charge in [0.25, 0.3) is 6.47 Å². The van der Waals surface area contributed by atoms with Crippen molar-refractivity contribution in [3.05, 3.63) is 48.2 Å². The van der Waals surface area contributed by atoms with Gasteiger partial charge in [-0.2, -0.15) is 5.26 Å².